The van der Waals surface area contributed by atoms with Gasteiger partial charge in [-0.3, -0.25) is 4.79 Å². The molecule has 3 rings (SSSR count). The number of amides is 1. The molecule has 2 aromatic heterocycles. The highest BCUT2D eigenvalue weighted by Crippen LogP contribution is 2.15. The normalized spacial score (nSPS) is 14.3. The van der Waals surface area contributed by atoms with Gasteiger partial charge < -0.3 is 15.1 Å². The smallest absolute Gasteiger partial charge is 0.270 e. The van der Waals surface area contributed by atoms with Crippen molar-refractivity contribution in [2.75, 3.05) is 42.5 Å². The van der Waals surface area contributed by atoms with Crippen molar-refractivity contribution >= 4 is 17.8 Å². The van der Waals surface area contributed by atoms with Gasteiger partial charge in [0.2, 0.25) is 11.9 Å². The predicted octanol–water partition coefficient (Wildman–Crippen LogP) is 1.82. The highest BCUT2D eigenvalue weighted by atomic mass is 16.1. The molecule has 144 valence electrons. The zero-order valence-electron chi connectivity index (χ0n) is 16.1. The summed E-state index contributed by atoms with van der Waals surface area (Å²) in [6.45, 7) is 7.83. The molecule has 1 N–H and O–H groups in total. The van der Waals surface area contributed by atoms with Crippen LogP contribution in [0.5, 0.6) is 0 Å². The van der Waals surface area contributed by atoms with Gasteiger partial charge in [0.25, 0.3) is 5.91 Å². The predicted molar refractivity (Wildman–Crippen MR) is 105 cm³/mol. The first-order chi connectivity index (χ1) is 13.2. The van der Waals surface area contributed by atoms with Crippen molar-refractivity contribution in [1.29, 1.82) is 0 Å². The minimum atomic E-state index is -0.130. The lowest BCUT2D eigenvalue weighted by atomic mass is 10.2. The summed E-state index contributed by atoms with van der Waals surface area (Å²) in [5, 5.41) is 2.95. The second kappa shape index (κ2) is 9.25. The van der Waals surface area contributed by atoms with Crippen LogP contribution in [0.25, 0.3) is 0 Å². The Morgan fingerprint density at radius 1 is 1.04 bits per heavy atom. The number of hydrogen-bond donors (Lipinski definition) is 1. The summed E-state index contributed by atoms with van der Waals surface area (Å²) >= 11 is 0. The van der Waals surface area contributed by atoms with E-state index >= 15 is 0 Å². The van der Waals surface area contributed by atoms with E-state index in [1.54, 1.807) is 18.5 Å². The van der Waals surface area contributed by atoms with Crippen LogP contribution in [0.4, 0.5) is 11.9 Å². The molecule has 0 spiro atoms. The summed E-state index contributed by atoms with van der Waals surface area (Å²) in [7, 11) is 0. The van der Waals surface area contributed by atoms with Gasteiger partial charge in [0.05, 0.1) is 0 Å². The van der Waals surface area contributed by atoms with Crippen LogP contribution in [0.1, 0.15) is 42.4 Å². The van der Waals surface area contributed by atoms with Crippen LogP contribution in [-0.2, 0) is 0 Å². The number of anilines is 2. The number of piperazine rings is 1. The van der Waals surface area contributed by atoms with Gasteiger partial charge >= 0.3 is 0 Å². The molecule has 3 heterocycles. The van der Waals surface area contributed by atoms with E-state index in [-0.39, 0.29) is 5.91 Å². The molecule has 0 saturated carbocycles. The molecule has 8 heteroatoms. The lowest BCUT2D eigenvalue weighted by Gasteiger charge is -2.34. The first-order valence-electron chi connectivity index (χ1n) is 9.58. The highest BCUT2D eigenvalue weighted by Gasteiger charge is 2.22. The maximum atomic E-state index is 12.4. The van der Waals surface area contributed by atoms with E-state index in [4.69, 9.17) is 0 Å². The first kappa shape index (κ1) is 19.0. The zero-order chi connectivity index (χ0) is 19.1. The maximum Gasteiger partial charge on any atom is 0.270 e. The van der Waals surface area contributed by atoms with E-state index in [9.17, 15) is 4.79 Å². The van der Waals surface area contributed by atoms with Crippen molar-refractivity contribution in [2.24, 2.45) is 0 Å². The number of aryl methyl sites for hydroxylation is 1. The SMILES string of the molecule is CCCCCNC(=O)c1cc(C)nc(N2CCN(c3ncccn3)CC2)n1. The minimum Gasteiger partial charge on any atom is -0.351 e. The Morgan fingerprint density at radius 2 is 1.70 bits per heavy atom. The molecular formula is C19H27N7O. The number of hydrogen-bond acceptors (Lipinski definition) is 7. The van der Waals surface area contributed by atoms with Gasteiger partial charge in [-0.1, -0.05) is 19.8 Å². The second-order valence-electron chi connectivity index (χ2n) is 6.68. The Hall–Kier alpha value is -2.77. The Kier molecular flexibility index (Phi) is 6.51. The van der Waals surface area contributed by atoms with Gasteiger partial charge in [-0.25, -0.2) is 19.9 Å². The first-order valence-corrected chi connectivity index (χ1v) is 9.58. The molecule has 8 nitrogen and oxygen atoms in total. The van der Waals surface area contributed by atoms with Gasteiger partial charge in [-0.15, -0.1) is 0 Å². The highest BCUT2D eigenvalue weighted by molar-refractivity contribution is 5.92. The van der Waals surface area contributed by atoms with Crippen LogP contribution in [0, 0.1) is 6.92 Å². The van der Waals surface area contributed by atoms with Crippen LogP contribution < -0.4 is 15.1 Å². The molecule has 1 saturated heterocycles. The quantitative estimate of drug-likeness (QED) is 0.745. The maximum absolute atomic E-state index is 12.4. The van der Waals surface area contributed by atoms with Gasteiger partial charge in [0.15, 0.2) is 0 Å². The Bertz CT molecular complexity index is 745. The van der Waals surface area contributed by atoms with Crippen molar-refractivity contribution in [3.63, 3.8) is 0 Å². The third-order valence-corrected chi connectivity index (χ3v) is 4.54. The van der Waals surface area contributed by atoms with Gasteiger partial charge in [-0.05, 0) is 25.5 Å². The molecular weight excluding hydrogens is 342 g/mol. The van der Waals surface area contributed by atoms with Crippen LogP contribution in [0.2, 0.25) is 0 Å². The second-order valence-corrected chi connectivity index (χ2v) is 6.68. The number of aromatic nitrogens is 4. The fourth-order valence-electron chi connectivity index (χ4n) is 3.04. The fourth-order valence-corrected chi connectivity index (χ4v) is 3.04. The topological polar surface area (TPSA) is 87.1 Å². The molecule has 27 heavy (non-hydrogen) atoms. The summed E-state index contributed by atoms with van der Waals surface area (Å²) in [4.78, 5) is 34.3. The molecule has 0 radical (unpaired) electrons. The third-order valence-electron chi connectivity index (χ3n) is 4.54. The van der Waals surface area contributed by atoms with E-state index in [2.05, 4.69) is 42.0 Å². The van der Waals surface area contributed by atoms with Crippen molar-refractivity contribution < 1.29 is 4.79 Å². The van der Waals surface area contributed by atoms with Crippen molar-refractivity contribution in [1.82, 2.24) is 25.3 Å². The molecule has 2 aromatic rings. The molecule has 1 amide bonds. The zero-order valence-corrected chi connectivity index (χ0v) is 16.1. The lowest BCUT2D eigenvalue weighted by Crippen LogP contribution is -2.47. The van der Waals surface area contributed by atoms with Gasteiger partial charge in [0, 0.05) is 50.8 Å². The van der Waals surface area contributed by atoms with Crippen molar-refractivity contribution in [3.8, 4) is 0 Å². The molecule has 1 fully saturated rings. The van der Waals surface area contributed by atoms with E-state index in [0.717, 1.165) is 57.1 Å². The number of nitrogens with one attached hydrogen (secondary N) is 1. The van der Waals surface area contributed by atoms with Crippen LogP contribution in [-0.4, -0.2) is 58.6 Å². The van der Waals surface area contributed by atoms with Crippen molar-refractivity contribution in [3.05, 3.63) is 35.9 Å². The average Bonchev–Trinajstić information content (AvgIpc) is 2.71. The molecule has 0 atom stereocenters. The number of carbonyl (C=O) groups is 1. The van der Waals surface area contributed by atoms with Gasteiger partial charge in [0.1, 0.15) is 5.69 Å². The third kappa shape index (κ3) is 5.12. The fraction of sp³-hybridized carbons (Fsp3) is 0.526. The molecule has 0 bridgehead atoms. The van der Waals surface area contributed by atoms with E-state index < -0.39 is 0 Å². The summed E-state index contributed by atoms with van der Waals surface area (Å²) in [6, 6.07) is 3.56. The number of carbonyl (C=O) groups excluding carboxylic acids is 1. The Morgan fingerprint density at radius 3 is 2.37 bits per heavy atom. The molecule has 0 aliphatic carbocycles. The summed E-state index contributed by atoms with van der Waals surface area (Å²) < 4.78 is 0. The molecule has 1 aliphatic heterocycles. The summed E-state index contributed by atoms with van der Waals surface area (Å²) in [5.74, 6) is 1.23. The van der Waals surface area contributed by atoms with Gasteiger partial charge in [-0.2, -0.15) is 0 Å². The summed E-state index contributed by atoms with van der Waals surface area (Å²) in [6.07, 6.45) is 6.74. The van der Waals surface area contributed by atoms with Crippen molar-refractivity contribution in [2.45, 2.75) is 33.1 Å². The Labute approximate surface area is 160 Å². The molecule has 1 aliphatic rings. The van der Waals surface area contributed by atoms with Crippen LogP contribution >= 0.6 is 0 Å². The monoisotopic (exact) mass is 369 g/mol. The van der Waals surface area contributed by atoms with Crippen LogP contribution in [0.15, 0.2) is 24.5 Å². The van der Waals surface area contributed by atoms with E-state index in [1.165, 1.54) is 0 Å². The minimum absolute atomic E-state index is 0.130. The summed E-state index contributed by atoms with van der Waals surface area (Å²) in [5.41, 5.74) is 1.23. The Balaban J connectivity index is 1.62. The standard InChI is InChI=1S/C19H27N7O/c1-3-4-5-7-20-17(27)16-14-15(2)23-19(24-16)26-12-10-25(11-13-26)18-21-8-6-9-22-18/h6,8-9,14H,3-5,7,10-13H2,1-2H3,(H,20,27). The molecule has 0 aromatic carbocycles. The largest absolute Gasteiger partial charge is 0.351 e. The lowest BCUT2D eigenvalue weighted by molar-refractivity contribution is 0.0947. The number of rotatable bonds is 7. The van der Waals surface area contributed by atoms with E-state index in [0.29, 0.717) is 18.2 Å². The number of unbranched alkanes of at least 4 members (excludes halogenated alkanes) is 2. The van der Waals surface area contributed by atoms with Crippen LogP contribution in [0.3, 0.4) is 0 Å². The number of nitrogens with zero attached hydrogens (tertiary/aromatic N) is 6. The molecule has 0 unspecified atom stereocenters. The van der Waals surface area contributed by atoms with E-state index in [1.807, 2.05) is 13.0 Å². The average molecular weight is 369 g/mol.